The lowest BCUT2D eigenvalue weighted by Gasteiger charge is -2.14. The summed E-state index contributed by atoms with van der Waals surface area (Å²) in [6, 6.07) is 10.1. The topological polar surface area (TPSA) is 68.9 Å². The van der Waals surface area contributed by atoms with Gasteiger partial charge in [-0.15, -0.1) is 0 Å². The smallest absolute Gasteiger partial charge is 0.332 e. The minimum Gasteiger partial charge on any atom is -0.384 e. The van der Waals surface area contributed by atoms with E-state index >= 15 is 0 Å². The molecular weight excluding hydrogens is 304 g/mol. The lowest BCUT2D eigenvalue weighted by atomic mass is 10.1. The van der Waals surface area contributed by atoms with Gasteiger partial charge in [0.1, 0.15) is 5.39 Å². The van der Waals surface area contributed by atoms with Crippen LogP contribution in [0.3, 0.4) is 0 Å². The lowest BCUT2D eigenvalue weighted by molar-refractivity contribution is 0.707. The second-order valence-corrected chi connectivity index (χ2v) is 5.88. The second-order valence-electron chi connectivity index (χ2n) is 5.88. The molecule has 0 radical (unpaired) electrons. The maximum atomic E-state index is 12.6. The summed E-state index contributed by atoms with van der Waals surface area (Å²) in [6.45, 7) is 2.60. The summed E-state index contributed by atoms with van der Waals surface area (Å²) >= 11 is 0. The van der Waals surface area contributed by atoms with Gasteiger partial charge in [-0.1, -0.05) is 30.3 Å². The van der Waals surface area contributed by atoms with Crippen LogP contribution in [0.15, 0.2) is 46.1 Å². The number of pyridine rings is 1. The molecule has 0 amide bonds. The maximum absolute atomic E-state index is 12.6. The minimum atomic E-state index is -0.376. The molecule has 1 aromatic carbocycles. The van der Waals surface area contributed by atoms with Crippen molar-refractivity contribution >= 4 is 16.7 Å². The van der Waals surface area contributed by atoms with Gasteiger partial charge in [-0.3, -0.25) is 13.9 Å². The third-order valence-electron chi connectivity index (χ3n) is 4.22. The Hall–Kier alpha value is -2.89. The van der Waals surface area contributed by atoms with Crippen molar-refractivity contribution < 1.29 is 0 Å². The number of nitrogens with zero attached hydrogens (tertiary/aromatic N) is 3. The summed E-state index contributed by atoms with van der Waals surface area (Å²) in [5.41, 5.74) is 2.54. The molecule has 2 heterocycles. The van der Waals surface area contributed by atoms with Crippen molar-refractivity contribution in [2.45, 2.75) is 13.3 Å². The third-order valence-corrected chi connectivity index (χ3v) is 4.22. The molecular formula is C18H20N4O2. The predicted octanol–water partition coefficient (Wildman–Crippen LogP) is 1.60. The molecule has 3 rings (SSSR count). The maximum Gasteiger partial charge on any atom is 0.332 e. The van der Waals surface area contributed by atoms with Crippen LogP contribution >= 0.6 is 0 Å². The molecule has 6 heteroatoms. The first-order valence-corrected chi connectivity index (χ1v) is 7.84. The monoisotopic (exact) mass is 324 g/mol. The highest BCUT2D eigenvalue weighted by Gasteiger charge is 2.15. The fraction of sp³-hybridized carbons (Fsp3) is 0.278. The average Bonchev–Trinajstić information content (AvgIpc) is 2.60. The van der Waals surface area contributed by atoms with Crippen LogP contribution in [0.2, 0.25) is 0 Å². The molecule has 6 nitrogen and oxygen atoms in total. The first-order valence-electron chi connectivity index (χ1n) is 7.84. The van der Waals surface area contributed by atoms with Gasteiger partial charge < -0.3 is 5.32 Å². The molecule has 0 fully saturated rings. The number of rotatable bonds is 4. The van der Waals surface area contributed by atoms with E-state index in [4.69, 9.17) is 0 Å². The molecule has 0 unspecified atom stereocenters. The number of anilines is 1. The quantitative estimate of drug-likeness (QED) is 0.791. The highest BCUT2D eigenvalue weighted by molar-refractivity contribution is 5.89. The van der Waals surface area contributed by atoms with E-state index in [1.165, 1.54) is 17.2 Å². The molecule has 0 aliphatic heterocycles. The first-order chi connectivity index (χ1) is 11.5. The van der Waals surface area contributed by atoms with Gasteiger partial charge in [-0.05, 0) is 24.5 Å². The number of aromatic nitrogens is 3. The van der Waals surface area contributed by atoms with Crippen molar-refractivity contribution in [3.8, 4) is 0 Å². The molecule has 2 aromatic heterocycles. The normalized spacial score (nSPS) is 11.0. The largest absolute Gasteiger partial charge is 0.384 e. The molecule has 0 aliphatic rings. The van der Waals surface area contributed by atoms with Crippen LogP contribution in [0.25, 0.3) is 11.0 Å². The van der Waals surface area contributed by atoms with Gasteiger partial charge >= 0.3 is 5.69 Å². The number of aryl methyl sites for hydroxylation is 2. The van der Waals surface area contributed by atoms with Crippen LogP contribution in [0.1, 0.15) is 11.1 Å². The highest BCUT2D eigenvalue weighted by atomic mass is 16.2. The van der Waals surface area contributed by atoms with Gasteiger partial charge in [-0.25, -0.2) is 9.78 Å². The summed E-state index contributed by atoms with van der Waals surface area (Å²) in [5.74, 6) is 0. The van der Waals surface area contributed by atoms with Crippen LogP contribution in [-0.2, 0) is 20.5 Å². The highest BCUT2D eigenvalue weighted by Crippen LogP contribution is 2.21. The van der Waals surface area contributed by atoms with E-state index in [1.807, 2.05) is 25.1 Å². The Bertz CT molecular complexity index is 1000. The Labute approximate surface area is 139 Å². The van der Waals surface area contributed by atoms with Crippen LogP contribution in [0.4, 0.5) is 5.69 Å². The van der Waals surface area contributed by atoms with Gasteiger partial charge in [0.15, 0.2) is 5.65 Å². The van der Waals surface area contributed by atoms with E-state index in [0.29, 0.717) is 17.6 Å². The fourth-order valence-electron chi connectivity index (χ4n) is 2.83. The summed E-state index contributed by atoms with van der Waals surface area (Å²) < 4.78 is 2.52. The zero-order valence-corrected chi connectivity index (χ0v) is 14.0. The summed E-state index contributed by atoms with van der Waals surface area (Å²) in [5, 5.41) is 3.80. The minimum absolute atomic E-state index is 0.327. The van der Waals surface area contributed by atoms with Gasteiger partial charge in [0.05, 0.1) is 5.69 Å². The number of benzene rings is 1. The average molecular weight is 324 g/mol. The molecule has 0 atom stereocenters. The van der Waals surface area contributed by atoms with Crippen LogP contribution < -0.4 is 16.6 Å². The van der Waals surface area contributed by atoms with E-state index < -0.39 is 0 Å². The second kappa shape index (κ2) is 6.31. The van der Waals surface area contributed by atoms with Crippen molar-refractivity contribution in [3.63, 3.8) is 0 Å². The van der Waals surface area contributed by atoms with Crippen molar-refractivity contribution in [3.05, 3.63) is 68.5 Å². The van der Waals surface area contributed by atoms with Gasteiger partial charge in [-0.2, -0.15) is 0 Å². The van der Waals surface area contributed by atoms with E-state index in [2.05, 4.69) is 22.4 Å². The molecule has 1 N–H and O–H groups in total. The zero-order valence-electron chi connectivity index (χ0n) is 14.0. The number of nitrogens with one attached hydrogen (secondary N) is 1. The Morgan fingerprint density at radius 3 is 2.50 bits per heavy atom. The summed E-state index contributed by atoms with van der Waals surface area (Å²) in [4.78, 5) is 28.9. The molecule has 0 saturated carbocycles. The molecule has 24 heavy (non-hydrogen) atoms. The van der Waals surface area contributed by atoms with E-state index in [-0.39, 0.29) is 11.2 Å². The third kappa shape index (κ3) is 2.71. The van der Waals surface area contributed by atoms with E-state index in [9.17, 15) is 9.59 Å². The van der Waals surface area contributed by atoms with Crippen molar-refractivity contribution in [2.75, 3.05) is 11.9 Å². The fourth-order valence-corrected chi connectivity index (χ4v) is 2.83. The summed E-state index contributed by atoms with van der Waals surface area (Å²) in [6.07, 6.45) is 2.53. The Balaban J connectivity index is 2.03. The van der Waals surface area contributed by atoms with Gasteiger partial charge in [0, 0.05) is 26.8 Å². The van der Waals surface area contributed by atoms with Crippen LogP contribution in [-0.4, -0.2) is 20.7 Å². The van der Waals surface area contributed by atoms with Crippen molar-refractivity contribution in [2.24, 2.45) is 14.1 Å². The number of hydrogen-bond acceptors (Lipinski definition) is 4. The van der Waals surface area contributed by atoms with Crippen LogP contribution in [0, 0.1) is 6.92 Å². The van der Waals surface area contributed by atoms with Crippen LogP contribution in [0.5, 0.6) is 0 Å². The standard InChI is InChI=1S/C18H20N4O2/c1-12-11-20-16-14(17(23)22(3)18(24)21(16)2)15(12)19-10-9-13-7-5-4-6-8-13/h4-8,11H,9-10H2,1-3H3,(H,19,20). The number of fused-ring (bicyclic) bond motifs is 1. The van der Waals surface area contributed by atoms with Gasteiger partial charge in [0.2, 0.25) is 0 Å². The Morgan fingerprint density at radius 1 is 1.08 bits per heavy atom. The van der Waals surface area contributed by atoms with Crippen molar-refractivity contribution in [1.29, 1.82) is 0 Å². The lowest BCUT2D eigenvalue weighted by Crippen LogP contribution is -2.37. The summed E-state index contributed by atoms with van der Waals surface area (Å²) in [7, 11) is 3.11. The molecule has 124 valence electrons. The SMILES string of the molecule is Cc1cnc2c(c1NCCc1ccccc1)c(=O)n(C)c(=O)n2C. The Morgan fingerprint density at radius 2 is 1.79 bits per heavy atom. The number of hydrogen-bond donors (Lipinski definition) is 1. The van der Waals surface area contributed by atoms with Gasteiger partial charge in [0.25, 0.3) is 5.56 Å². The molecule has 3 aromatic rings. The molecule has 0 aliphatic carbocycles. The van der Waals surface area contributed by atoms with E-state index in [0.717, 1.165) is 22.2 Å². The van der Waals surface area contributed by atoms with E-state index in [1.54, 1.807) is 13.2 Å². The molecule has 0 bridgehead atoms. The zero-order chi connectivity index (χ0) is 17.3. The predicted molar refractivity (Wildman–Crippen MR) is 95.6 cm³/mol. The molecule has 0 spiro atoms. The molecule has 0 saturated heterocycles. The van der Waals surface area contributed by atoms with Crippen molar-refractivity contribution in [1.82, 2.24) is 14.1 Å². The first kappa shape index (κ1) is 16.0. The Kier molecular flexibility index (Phi) is 4.20.